The van der Waals surface area contributed by atoms with E-state index in [4.69, 9.17) is 21.1 Å². The Bertz CT molecular complexity index is 1140. The largest absolute Gasteiger partial charge is 0.376 e. The number of fused-ring (bicyclic) bond motifs is 1. The lowest BCUT2D eigenvalue weighted by Gasteiger charge is -2.30. The summed E-state index contributed by atoms with van der Waals surface area (Å²) < 4.78 is 11.2. The highest BCUT2D eigenvalue weighted by Crippen LogP contribution is 2.22. The van der Waals surface area contributed by atoms with Crippen molar-refractivity contribution in [1.29, 1.82) is 0 Å². The molecule has 31 heavy (non-hydrogen) atoms. The number of aromatic nitrogens is 1. The van der Waals surface area contributed by atoms with E-state index in [1.165, 1.54) is 0 Å². The summed E-state index contributed by atoms with van der Waals surface area (Å²) >= 11 is 6.20. The number of amides is 2. The van der Waals surface area contributed by atoms with Crippen LogP contribution in [0.4, 0.5) is 10.5 Å². The Balaban J connectivity index is 1.61. The van der Waals surface area contributed by atoms with E-state index in [1.54, 1.807) is 29.2 Å². The molecule has 4 rings (SSSR count). The number of pyridine rings is 1. The molecule has 8 heteroatoms. The van der Waals surface area contributed by atoms with Crippen molar-refractivity contribution in [3.05, 3.63) is 75.0 Å². The van der Waals surface area contributed by atoms with E-state index >= 15 is 0 Å². The second kappa shape index (κ2) is 9.51. The maximum atomic E-state index is 13.1. The third-order valence-corrected chi connectivity index (χ3v) is 5.48. The van der Waals surface area contributed by atoms with Gasteiger partial charge in [0, 0.05) is 11.1 Å². The molecule has 2 aromatic carbocycles. The molecule has 2 N–H and O–H groups in total. The quantitative estimate of drug-likeness (QED) is 0.628. The van der Waals surface area contributed by atoms with Crippen LogP contribution in [0.5, 0.6) is 0 Å². The summed E-state index contributed by atoms with van der Waals surface area (Å²) in [5.41, 5.74) is 2.61. The van der Waals surface area contributed by atoms with Crippen LogP contribution in [0.25, 0.3) is 10.9 Å². The van der Waals surface area contributed by atoms with Crippen LogP contribution in [-0.2, 0) is 16.0 Å². The summed E-state index contributed by atoms with van der Waals surface area (Å²) in [5, 5.41) is 4.18. The molecule has 1 unspecified atom stereocenters. The van der Waals surface area contributed by atoms with Crippen molar-refractivity contribution in [3.63, 3.8) is 0 Å². The predicted molar refractivity (Wildman–Crippen MR) is 121 cm³/mol. The molecule has 162 valence electrons. The molecule has 1 fully saturated rings. The summed E-state index contributed by atoms with van der Waals surface area (Å²) in [7, 11) is 0. The third kappa shape index (κ3) is 5.25. The van der Waals surface area contributed by atoms with Gasteiger partial charge >= 0.3 is 6.03 Å². The van der Waals surface area contributed by atoms with Crippen molar-refractivity contribution in [1.82, 2.24) is 9.88 Å². The normalized spacial score (nSPS) is 16.3. The van der Waals surface area contributed by atoms with Gasteiger partial charge in [0.25, 0.3) is 5.56 Å². The van der Waals surface area contributed by atoms with Crippen LogP contribution in [0.3, 0.4) is 0 Å². The number of aryl methyl sites for hydroxylation is 1. The van der Waals surface area contributed by atoms with Gasteiger partial charge < -0.3 is 24.7 Å². The molecular weight excluding hydrogens is 418 g/mol. The zero-order chi connectivity index (χ0) is 21.8. The molecule has 0 bridgehead atoms. The molecule has 1 saturated heterocycles. The fourth-order valence-electron chi connectivity index (χ4n) is 3.56. The number of carbonyl (C=O) groups excluding carboxylic acids is 1. The molecule has 0 radical (unpaired) electrons. The number of rotatable bonds is 5. The van der Waals surface area contributed by atoms with Crippen LogP contribution in [0.2, 0.25) is 5.02 Å². The van der Waals surface area contributed by atoms with Crippen LogP contribution in [0.1, 0.15) is 11.1 Å². The fraction of sp³-hybridized carbons (Fsp3) is 0.304. The number of nitrogens with one attached hydrogen (secondary N) is 2. The number of halogens is 1. The zero-order valence-corrected chi connectivity index (χ0v) is 17.9. The first-order chi connectivity index (χ1) is 15.0. The van der Waals surface area contributed by atoms with Crippen LogP contribution in [-0.4, -0.2) is 48.4 Å². The minimum absolute atomic E-state index is 0.120. The van der Waals surface area contributed by atoms with Crippen LogP contribution >= 0.6 is 11.6 Å². The summed E-state index contributed by atoms with van der Waals surface area (Å²) in [6, 6.07) is 14.3. The third-order valence-electron chi connectivity index (χ3n) is 5.15. The number of aromatic amines is 1. The van der Waals surface area contributed by atoms with E-state index in [1.807, 2.05) is 31.2 Å². The molecular formula is C23H24ClN3O4. The first kappa shape index (κ1) is 21.4. The second-order valence-electron chi connectivity index (χ2n) is 7.57. The standard InChI is InChI=1S/C23H24ClN3O4/c1-15-6-7-20-16(10-15)11-17(22(28)25-20)12-27(13-18-14-30-8-9-31-18)23(29)26-21-5-3-2-4-19(21)24/h2-7,10-11,18H,8-9,12-14H2,1H3,(H,25,28)(H,26,29). The molecule has 1 atom stereocenters. The number of carbonyl (C=O) groups is 1. The van der Waals surface area contributed by atoms with Crippen LogP contribution in [0, 0.1) is 6.92 Å². The Hall–Kier alpha value is -2.87. The van der Waals surface area contributed by atoms with Gasteiger partial charge in [-0.1, -0.05) is 35.4 Å². The lowest BCUT2D eigenvalue weighted by molar-refractivity contribution is -0.0943. The molecule has 1 aromatic heterocycles. The lowest BCUT2D eigenvalue weighted by atomic mass is 10.1. The number of anilines is 1. The molecule has 2 heterocycles. The number of benzene rings is 2. The van der Waals surface area contributed by atoms with Gasteiger partial charge in [0.1, 0.15) is 0 Å². The van der Waals surface area contributed by atoms with Crippen LogP contribution < -0.4 is 10.9 Å². The van der Waals surface area contributed by atoms with Gasteiger partial charge in [0.05, 0.1) is 49.7 Å². The molecule has 0 saturated carbocycles. The average molecular weight is 442 g/mol. The summed E-state index contributed by atoms with van der Waals surface area (Å²) in [5.74, 6) is 0. The monoisotopic (exact) mass is 441 g/mol. The summed E-state index contributed by atoms with van der Waals surface area (Å²) in [6.07, 6.45) is -0.271. The smallest absolute Gasteiger partial charge is 0.322 e. The Kier molecular flexibility index (Phi) is 6.56. The van der Waals surface area contributed by atoms with Gasteiger partial charge in [0.15, 0.2) is 0 Å². The van der Waals surface area contributed by atoms with Gasteiger partial charge in [-0.2, -0.15) is 0 Å². The molecule has 0 spiro atoms. The number of hydrogen-bond donors (Lipinski definition) is 2. The van der Waals surface area contributed by atoms with E-state index in [0.29, 0.717) is 36.1 Å². The Morgan fingerprint density at radius 1 is 1.23 bits per heavy atom. The lowest BCUT2D eigenvalue weighted by Crippen LogP contribution is -2.44. The number of nitrogens with zero attached hydrogens (tertiary/aromatic N) is 1. The number of urea groups is 1. The molecule has 2 amide bonds. The number of ether oxygens (including phenoxy) is 2. The predicted octanol–water partition coefficient (Wildman–Crippen LogP) is 3.94. The number of hydrogen-bond acceptors (Lipinski definition) is 4. The topological polar surface area (TPSA) is 83.7 Å². The van der Waals surface area contributed by atoms with E-state index in [0.717, 1.165) is 16.5 Å². The van der Waals surface area contributed by atoms with Crippen LogP contribution in [0.15, 0.2) is 53.3 Å². The van der Waals surface area contributed by atoms with E-state index in [2.05, 4.69) is 10.3 Å². The minimum Gasteiger partial charge on any atom is -0.376 e. The van der Waals surface area contributed by atoms with Crippen molar-refractivity contribution >= 4 is 34.2 Å². The highest BCUT2D eigenvalue weighted by atomic mass is 35.5. The summed E-state index contributed by atoms with van der Waals surface area (Å²) in [6.45, 7) is 3.79. The SMILES string of the molecule is Cc1ccc2[nH]c(=O)c(CN(CC3COCCO3)C(=O)Nc3ccccc3Cl)cc2c1. The minimum atomic E-state index is -0.369. The van der Waals surface area contributed by atoms with Gasteiger partial charge in [-0.25, -0.2) is 4.79 Å². The van der Waals surface area contributed by atoms with Gasteiger partial charge in [0.2, 0.25) is 0 Å². The maximum absolute atomic E-state index is 13.1. The van der Waals surface area contributed by atoms with Crippen molar-refractivity contribution < 1.29 is 14.3 Å². The fourth-order valence-corrected chi connectivity index (χ4v) is 3.74. The maximum Gasteiger partial charge on any atom is 0.322 e. The van der Waals surface area contributed by atoms with Crippen molar-refractivity contribution in [2.75, 3.05) is 31.7 Å². The molecule has 0 aliphatic carbocycles. The highest BCUT2D eigenvalue weighted by Gasteiger charge is 2.24. The number of H-pyrrole nitrogens is 1. The Morgan fingerprint density at radius 2 is 2.06 bits per heavy atom. The first-order valence-electron chi connectivity index (χ1n) is 10.1. The van der Waals surface area contributed by atoms with Gasteiger partial charge in [-0.15, -0.1) is 0 Å². The average Bonchev–Trinajstić information content (AvgIpc) is 2.76. The first-order valence-corrected chi connectivity index (χ1v) is 10.5. The molecule has 1 aliphatic heterocycles. The van der Waals surface area contributed by atoms with Crippen molar-refractivity contribution in [2.24, 2.45) is 0 Å². The highest BCUT2D eigenvalue weighted by molar-refractivity contribution is 6.33. The number of para-hydroxylation sites is 1. The van der Waals surface area contributed by atoms with E-state index in [9.17, 15) is 9.59 Å². The zero-order valence-electron chi connectivity index (χ0n) is 17.2. The second-order valence-corrected chi connectivity index (χ2v) is 7.98. The molecule has 7 nitrogen and oxygen atoms in total. The van der Waals surface area contributed by atoms with Crippen molar-refractivity contribution in [3.8, 4) is 0 Å². The Morgan fingerprint density at radius 3 is 2.84 bits per heavy atom. The Labute approximate surface area is 184 Å². The van der Waals surface area contributed by atoms with E-state index < -0.39 is 0 Å². The van der Waals surface area contributed by atoms with Gasteiger partial charge in [-0.05, 0) is 42.6 Å². The van der Waals surface area contributed by atoms with Gasteiger partial charge in [-0.3, -0.25) is 4.79 Å². The molecule has 3 aromatic rings. The van der Waals surface area contributed by atoms with Crippen molar-refractivity contribution in [2.45, 2.75) is 19.6 Å². The summed E-state index contributed by atoms with van der Waals surface area (Å²) in [4.78, 5) is 30.3. The van der Waals surface area contributed by atoms with E-state index in [-0.39, 0.29) is 30.8 Å². The molecule has 1 aliphatic rings.